The van der Waals surface area contributed by atoms with E-state index in [4.69, 9.17) is 15.8 Å². The van der Waals surface area contributed by atoms with Crippen LogP contribution in [-0.2, 0) is 13.1 Å². The van der Waals surface area contributed by atoms with Gasteiger partial charge in [-0.1, -0.05) is 39.0 Å². The van der Waals surface area contributed by atoms with Gasteiger partial charge in [-0.05, 0) is 43.9 Å². The number of carbonyl (C=O) groups is 1. The maximum atomic E-state index is 12.2. The molecule has 4 aromatic rings. The van der Waals surface area contributed by atoms with E-state index in [1.165, 1.54) is 32.1 Å². The minimum Gasteiger partial charge on any atom is -0.366 e. The molecule has 1 saturated carbocycles. The Morgan fingerprint density at radius 3 is 2.74 bits per heavy atom. The monoisotopic (exact) mass is 460 g/mol. The van der Waals surface area contributed by atoms with Crippen LogP contribution in [0.3, 0.4) is 0 Å². The highest BCUT2D eigenvalue weighted by molar-refractivity contribution is 6.02. The van der Waals surface area contributed by atoms with Gasteiger partial charge in [0, 0.05) is 29.6 Å². The SMILES string of the molecule is CCn1nc(C)cc1-c1nc(-c2cc(C(N)=O)cc3c2cnn3C[C@@H](C)C2CCCCC2)n[nH]1. The lowest BCUT2D eigenvalue weighted by Gasteiger charge is -2.27. The number of rotatable bonds is 7. The molecule has 1 aliphatic rings. The Bertz CT molecular complexity index is 1320. The van der Waals surface area contributed by atoms with Crippen LogP contribution in [-0.4, -0.2) is 40.6 Å². The number of nitrogens with one attached hydrogen (secondary N) is 1. The number of fused-ring (bicyclic) bond motifs is 1. The predicted molar refractivity (Wildman–Crippen MR) is 131 cm³/mol. The lowest BCUT2D eigenvalue weighted by atomic mass is 9.81. The van der Waals surface area contributed by atoms with Gasteiger partial charge in [0.15, 0.2) is 11.6 Å². The highest BCUT2D eigenvalue weighted by atomic mass is 16.1. The fraction of sp³-hybridized carbons (Fsp3) is 0.480. The van der Waals surface area contributed by atoms with Crippen molar-refractivity contribution < 1.29 is 4.79 Å². The lowest BCUT2D eigenvalue weighted by molar-refractivity contribution is 0.100. The number of benzene rings is 1. The van der Waals surface area contributed by atoms with E-state index in [1.807, 2.05) is 41.5 Å². The molecule has 3 aromatic heterocycles. The van der Waals surface area contributed by atoms with Crippen LogP contribution < -0.4 is 5.73 Å². The Morgan fingerprint density at radius 2 is 2.00 bits per heavy atom. The average Bonchev–Trinajstić information content (AvgIpc) is 3.57. The normalized spacial score (nSPS) is 15.7. The van der Waals surface area contributed by atoms with Crippen LogP contribution in [0.1, 0.15) is 62.0 Å². The summed E-state index contributed by atoms with van der Waals surface area (Å²) in [4.78, 5) is 16.9. The Balaban J connectivity index is 1.54. The number of nitrogens with two attached hydrogens (primary N) is 1. The second-order valence-corrected chi connectivity index (χ2v) is 9.52. The van der Waals surface area contributed by atoms with E-state index in [2.05, 4.69) is 22.2 Å². The molecule has 1 aromatic carbocycles. The van der Waals surface area contributed by atoms with Crippen molar-refractivity contribution >= 4 is 16.8 Å². The van der Waals surface area contributed by atoms with E-state index in [9.17, 15) is 4.79 Å². The van der Waals surface area contributed by atoms with Gasteiger partial charge in [-0.15, -0.1) is 0 Å². The standard InChI is InChI=1S/C25H32N8O/c1-4-32-22(10-16(3)31-32)25-28-24(29-30-25)19-11-18(23(26)34)12-21-20(19)13-27-33(21)14-15(2)17-8-6-5-7-9-17/h10-13,15,17H,4-9,14H2,1-3H3,(H2,26,34)(H,28,29,30)/t15-/m1/s1. The number of nitrogens with zero attached hydrogens (tertiary/aromatic N) is 6. The quantitative estimate of drug-likeness (QED) is 0.425. The number of primary amides is 1. The van der Waals surface area contributed by atoms with Crippen LogP contribution in [0.2, 0.25) is 0 Å². The van der Waals surface area contributed by atoms with Crippen molar-refractivity contribution in [2.75, 3.05) is 0 Å². The molecule has 0 saturated heterocycles. The van der Waals surface area contributed by atoms with Gasteiger partial charge in [-0.2, -0.15) is 15.3 Å². The molecule has 0 unspecified atom stereocenters. The van der Waals surface area contributed by atoms with Crippen LogP contribution in [0, 0.1) is 18.8 Å². The molecule has 1 amide bonds. The van der Waals surface area contributed by atoms with Crippen LogP contribution in [0.15, 0.2) is 24.4 Å². The maximum Gasteiger partial charge on any atom is 0.248 e. The molecule has 9 nitrogen and oxygen atoms in total. The van der Waals surface area contributed by atoms with Gasteiger partial charge >= 0.3 is 0 Å². The van der Waals surface area contributed by atoms with Crippen molar-refractivity contribution in [3.63, 3.8) is 0 Å². The molecular weight excluding hydrogens is 428 g/mol. The van der Waals surface area contributed by atoms with Crippen LogP contribution in [0.4, 0.5) is 0 Å². The van der Waals surface area contributed by atoms with Gasteiger partial charge in [0.25, 0.3) is 0 Å². The first-order chi connectivity index (χ1) is 16.4. The van der Waals surface area contributed by atoms with Gasteiger partial charge in [0.1, 0.15) is 5.69 Å². The Labute approximate surface area is 198 Å². The largest absolute Gasteiger partial charge is 0.366 e. The molecular formula is C25H32N8O. The number of hydrogen-bond acceptors (Lipinski definition) is 5. The summed E-state index contributed by atoms with van der Waals surface area (Å²) in [6.07, 6.45) is 8.39. The van der Waals surface area contributed by atoms with E-state index in [1.54, 1.807) is 6.07 Å². The average molecular weight is 461 g/mol. The van der Waals surface area contributed by atoms with Gasteiger partial charge in [-0.3, -0.25) is 19.3 Å². The summed E-state index contributed by atoms with van der Waals surface area (Å²) in [6.45, 7) is 7.84. The van der Waals surface area contributed by atoms with E-state index in [-0.39, 0.29) is 0 Å². The molecule has 1 fully saturated rings. The topological polar surface area (TPSA) is 120 Å². The van der Waals surface area contributed by atoms with E-state index in [0.29, 0.717) is 29.0 Å². The number of aromatic nitrogens is 7. The van der Waals surface area contributed by atoms with Crippen LogP contribution in [0.25, 0.3) is 33.8 Å². The first-order valence-corrected chi connectivity index (χ1v) is 12.2. The van der Waals surface area contributed by atoms with Crippen molar-refractivity contribution in [3.8, 4) is 22.9 Å². The van der Waals surface area contributed by atoms with Crippen LogP contribution >= 0.6 is 0 Å². The molecule has 3 heterocycles. The highest BCUT2D eigenvalue weighted by Crippen LogP contribution is 2.33. The summed E-state index contributed by atoms with van der Waals surface area (Å²) in [5, 5.41) is 17.6. The summed E-state index contributed by atoms with van der Waals surface area (Å²) < 4.78 is 3.90. The molecule has 34 heavy (non-hydrogen) atoms. The Hall–Kier alpha value is -3.49. The third-order valence-electron chi connectivity index (χ3n) is 7.13. The van der Waals surface area contributed by atoms with Gasteiger partial charge in [0.05, 0.1) is 17.4 Å². The molecule has 178 valence electrons. The molecule has 0 radical (unpaired) electrons. The second kappa shape index (κ2) is 9.04. The molecule has 0 bridgehead atoms. The van der Waals surface area contributed by atoms with Crippen molar-refractivity contribution in [2.45, 2.75) is 66.0 Å². The molecule has 0 aliphatic heterocycles. The Kier molecular flexibility index (Phi) is 5.93. The molecule has 1 aliphatic carbocycles. The van der Waals surface area contributed by atoms with E-state index in [0.717, 1.165) is 40.9 Å². The summed E-state index contributed by atoms with van der Waals surface area (Å²) in [6, 6.07) is 5.58. The summed E-state index contributed by atoms with van der Waals surface area (Å²) in [5.74, 6) is 1.88. The van der Waals surface area contributed by atoms with E-state index >= 15 is 0 Å². The smallest absolute Gasteiger partial charge is 0.248 e. The minimum absolute atomic E-state index is 0.426. The number of hydrogen-bond donors (Lipinski definition) is 2. The summed E-state index contributed by atoms with van der Waals surface area (Å²) in [5.41, 5.74) is 9.54. The molecule has 9 heteroatoms. The van der Waals surface area contributed by atoms with Crippen molar-refractivity contribution in [2.24, 2.45) is 17.6 Å². The predicted octanol–water partition coefficient (Wildman–Crippen LogP) is 4.33. The van der Waals surface area contributed by atoms with Gasteiger partial charge in [0.2, 0.25) is 5.91 Å². The van der Waals surface area contributed by atoms with Gasteiger partial charge in [-0.25, -0.2) is 4.98 Å². The number of carbonyl (C=O) groups excluding carboxylic acids is 1. The summed E-state index contributed by atoms with van der Waals surface area (Å²) in [7, 11) is 0. The van der Waals surface area contributed by atoms with Crippen molar-refractivity contribution in [1.82, 2.24) is 34.7 Å². The zero-order valence-electron chi connectivity index (χ0n) is 20.1. The zero-order valence-corrected chi connectivity index (χ0v) is 20.1. The first kappa shape index (κ1) is 22.3. The minimum atomic E-state index is -0.480. The number of aromatic amines is 1. The second-order valence-electron chi connectivity index (χ2n) is 9.52. The zero-order chi connectivity index (χ0) is 23.8. The van der Waals surface area contributed by atoms with Crippen molar-refractivity contribution in [3.05, 3.63) is 35.7 Å². The molecule has 0 spiro atoms. The molecule has 5 rings (SSSR count). The number of H-pyrrole nitrogens is 1. The molecule has 1 atom stereocenters. The van der Waals surface area contributed by atoms with Gasteiger partial charge < -0.3 is 5.73 Å². The molecule has 3 N–H and O–H groups in total. The van der Waals surface area contributed by atoms with Crippen molar-refractivity contribution in [1.29, 1.82) is 0 Å². The highest BCUT2D eigenvalue weighted by Gasteiger charge is 2.23. The van der Waals surface area contributed by atoms with E-state index < -0.39 is 5.91 Å². The third kappa shape index (κ3) is 4.10. The lowest BCUT2D eigenvalue weighted by Crippen LogP contribution is -2.20. The number of amides is 1. The summed E-state index contributed by atoms with van der Waals surface area (Å²) >= 11 is 0. The first-order valence-electron chi connectivity index (χ1n) is 12.2. The van der Waals surface area contributed by atoms with Crippen LogP contribution in [0.5, 0.6) is 0 Å². The third-order valence-corrected chi connectivity index (χ3v) is 7.13. The Morgan fingerprint density at radius 1 is 1.21 bits per heavy atom. The fourth-order valence-electron chi connectivity index (χ4n) is 5.25. The fourth-order valence-corrected chi connectivity index (χ4v) is 5.25. The number of aryl methyl sites for hydroxylation is 2. The maximum absolute atomic E-state index is 12.2.